The molecule has 0 aliphatic carbocycles. The van der Waals surface area contributed by atoms with Crippen LogP contribution in [-0.4, -0.2) is 12.5 Å². The van der Waals surface area contributed by atoms with Crippen LogP contribution in [0.4, 0.5) is 18.9 Å². The van der Waals surface area contributed by atoms with Crippen LogP contribution in [-0.2, 0) is 17.6 Å². The van der Waals surface area contributed by atoms with E-state index >= 15 is 0 Å². The number of anilines is 1. The number of halogens is 3. The summed E-state index contributed by atoms with van der Waals surface area (Å²) < 4.78 is 51.1. The van der Waals surface area contributed by atoms with Crippen LogP contribution >= 0.6 is 0 Å². The van der Waals surface area contributed by atoms with E-state index in [9.17, 15) is 23.2 Å². The van der Waals surface area contributed by atoms with Crippen molar-refractivity contribution in [2.75, 3.05) is 11.9 Å². The first kappa shape index (κ1) is 24.4. The van der Waals surface area contributed by atoms with Crippen LogP contribution in [0.2, 0.25) is 0 Å². The minimum atomic E-state index is -4.65. The maximum absolute atomic E-state index is 13.2. The number of hydrogen-bond acceptors (Lipinski definition) is 4. The molecule has 0 radical (unpaired) electrons. The molecule has 0 fully saturated rings. The third-order valence-electron chi connectivity index (χ3n) is 4.66. The zero-order valence-corrected chi connectivity index (χ0v) is 18.2. The van der Waals surface area contributed by atoms with Gasteiger partial charge in [0.15, 0.2) is 11.5 Å². The average molecular weight is 466 g/mol. The summed E-state index contributed by atoms with van der Waals surface area (Å²) in [7, 11) is 0. The van der Waals surface area contributed by atoms with Crippen molar-refractivity contribution < 1.29 is 27.4 Å². The zero-order chi connectivity index (χ0) is 24.6. The second-order valence-electron chi connectivity index (χ2n) is 7.08. The van der Waals surface area contributed by atoms with Crippen molar-refractivity contribution in [2.45, 2.75) is 19.7 Å². The number of benzene rings is 3. The summed E-state index contributed by atoms with van der Waals surface area (Å²) >= 11 is 0. The van der Waals surface area contributed by atoms with E-state index in [2.05, 4.69) is 5.32 Å². The number of nitriles is 1. The summed E-state index contributed by atoms with van der Waals surface area (Å²) in [5.74, 6) is -0.0706. The lowest BCUT2D eigenvalue weighted by molar-refractivity contribution is -0.137. The van der Waals surface area contributed by atoms with Gasteiger partial charge in [-0.25, -0.2) is 0 Å². The molecule has 0 unspecified atom stereocenters. The number of amides is 1. The first-order valence-electron chi connectivity index (χ1n) is 10.3. The van der Waals surface area contributed by atoms with E-state index in [0.717, 1.165) is 17.7 Å². The number of carbonyl (C=O) groups excluding carboxylic acids is 1. The Morgan fingerprint density at radius 3 is 2.38 bits per heavy atom. The Bertz CT molecular complexity index is 1220. The molecule has 0 aliphatic rings. The van der Waals surface area contributed by atoms with Crippen LogP contribution in [0.5, 0.6) is 11.5 Å². The highest BCUT2D eigenvalue weighted by Crippen LogP contribution is 2.35. The van der Waals surface area contributed by atoms with Gasteiger partial charge < -0.3 is 14.8 Å². The van der Waals surface area contributed by atoms with Gasteiger partial charge in [-0.05, 0) is 48.4 Å². The van der Waals surface area contributed by atoms with Gasteiger partial charge >= 0.3 is 6.18 Å². The van der Waals surface area contributed by atoms with Crippen LogP contribution in [0.15, 0.2) is 78.4 Å². The number of rotatable bonds is 8. The lowest BCUT2D eigenvalue weighted by atomic mass is 10.1. The Morgan fingerprint density at radius 1 is 1.00 bits per heavy atom. The smallest absolute Gasteiger partial charge is 0.418 e. The van der Waals surface area contributed by atoms with E-state index in [0.29, 0.717) is 30.3 Å². The van der Waals surface area contributed by atoms with Gasteiger partial charge in [0.25, 0.3) is 5.91 Å². The monoisotopic (exact) mass is 466 g/mol. The molecule has 3 aromatic carbocycles. The summed E-state index contributed by atoms with van der Waals surface area (Å²) in [6.07, 6.45) is -3.38. The summed E-state index contributed by atoms with van der Waals surface area (Å²) in [4.78, 5) is 12.5. The molecule has 0 saturated heterocycles. The standard InChI is InChI=1S/C26H21F3N2O3/c1-2-33-24-15-19(12-13-23(24)34-17-18-8-4-3-5-9-18)14-20(16-30)25(32)31-22-11-7-6-10-21(22)26(27,28)29/h3-15H,2,17H2,1H3,(H,31,32)/b20-14+. The van der Waals surface area contributed by atoms with E-state index < -0.39 is 23.3 Å². The third kappa shape index (κ3) is 6.39. The lowest BCUT2D eigenvalue weighted by Crippen LogP contribution is -2.17. The third-order valence-corrected chi connectivity index (χ3v) is 4.66. The van der Waals surface area contributed by atoms with Gasteiger partial charge in [-0.2, -0.15) is 18.4 Å². The van der Waals surface area contributed by atoms with E-state index in [1.807, 2.05) is 30.3 Å². The van der Waals surface area contributed by atoms with Crippen molar-refractivity contribution in [1.29, 1.82) is 5.26 Å². The van der Waals surface area contributed by atoms with Crippen LogP contribution in [0, 0.1) is 11.3 Å². The fraction of sp³-hybridized carbons (Fsp3) is 0.154. The van der Waals surface area contributed by atoms with Crippen LogP contribution in [0.25, 0.3) is 6.08 Å². The molecule has 0 saturated carbocycles. The first-order valence-corrected chi connectivity index (χ1v) is 10.3. The molecule has 174 valence electrons. The maximum Gasteiger partial charge on any atom is 0.418 e. The van der Waals surface area contributed by atoms with Crippen molar-refractivity contribution >= 4 is 17.7 Å². The number of nitrogens with zero attached hydrogens (tertiary/aromatic N) is 1. The molecule has 8 heteroatoms. The molecule has 1 amide bonds. The molecule has 3 rings (SSSR count). The van der Waals surface area contributed by atoms with Crippen molar-refractivity contribution in [1.82, 2.24) is 0 Å². The minimum absolute atomic E-state index is 0.320. The Hall–Kier alpha value is -4.25. The quantitative estimate of drug-likeness (QED) is 0.316. The SMILES string of the molecule is CCOc1cc(/C=C(\C#N)C(=O)Nc2ccccc2C(F)(F)F)ccc1OCc1ccccc1. The van der Waals surface area contributed by atoms with Gasteiger partial charge in [-0.3, -0.25) is 4.79 Å². The molecule has 3 aromatic rings. The summed E-state index contributed by atoms with van der Waals surface area (Å²) in [6, 6.07) is 20.7. The van der Waals surface area contributed by atoms with Gasteiger partial charge in [-0.1, -0.05) is 48.5 Å². The number of para-hydroxylation sites is 1. The summed E-state index contributed by atoms with van der Waals surface area (Å²) in [6.45, 7) is 2.48. The normalized spacial score (nSPS) is 11.4. The van der Waals surface area contributed by atoms with E-state index in [1.165, 1.54) is 18.2 Å². The van der Waals surface area contributed by atoms with Crippen LogP contribution < -0.4 is 14.8 Å². The molecule has 1 N–H and O–H groups in total. The van der Waals surface area contributed by atoms with Crippen molar-refractivity contribution in [2.24, 2.45) is 0 Å². The van der Waals surface area contributed by atoms with Crippen LogP contribution in [0.1, 0.15) is 23.6 Å². The highest BCUT2D eigenvalue weighted by atomic mass is 19.4. The Morgan fingerprint density at radius 2 is 1.71 bits per heavy atom. The predicted octanol–water partition coefficient (Wildman–Crippen LogP) is 6.23. The molecule has 0 atom stereocenters. The zero-order valence-electron chi connectivity index (χ0n) is 18.2. The Kier molecular flexibility index (Phi) is 7.93. The molecule has 0 bridgehead atoms. The van der Waals surface area contributed by atoms with Gasteiger partial charge in [-0.15, -0.1) is 0 Å². The average Bonchev–Trinajstić information content (AvgIpc) is 2.82. The first-order chi connectivity index (χ1) is 16.3. The second kappa shape index (κ2) is 11.1. The van der Waals surface area contributed by atoms with E-state index in [1.54, 1.807) is 31.2 Å². The van der Waals surface area contributed by atoms with Gasteiger partial charge in [0.1, 0.15) is 18.2 Å². The largest absolute Gasteiger partial charge is 0.490 e. The topological polar surface area (TPSA) is 71.3 Å². The predicted molar refractivity (Wildman–Crippen MR) is 122 cm³/mol. The summed E-state index contributed by atoms with van der Waals surface area (Å²) in [5, 5.41) is 11.6. The fourth-order valence-corrected chi connectivity index (χ4v) is 3.08. The molecule has 0 heterocycles. The summed E-state index contributed by atoms with van der Waals surface area (Å²) in [5.41, 5.74) is -0.375. The van der Waals surface area contributed by atoms with Gasteiger partial charge in [0.2, 0.25) is 0 Å². The second-order valence-corrected chi connectivity index (χ2v) is 7.08. The van der Waals surface area contributed by atoms with Crippen LogP contribution in [0.3, 0.4) is 0 Å². The molecular weight excluding hydrogens is 445 g/mol. The highest BCUT2D eigenvalue weighted by Gasteiger charge is 2.33. The number of hydrogen-bond donors (Lipinski definition) is 1. The molecule has 0 aliphatic heterocycles. The Labute approximate surface area is 195 Å². The number of nitrogens with one attached hydrogen (secondary N) is 1. The molecular formula is C26H21F3N2O3. The van der Waals surface area contributed by atoms with Gasteiger partial charge in [0, 0.05) is 0 Å². The highest BCUT2D eigenvalue weighted by molar-refractivity contribution is 6.10. The lowest BCUT2D eigenvalue weighted by Gasteiger charge is -2.14. The molecule has 5 nitrogen and oxygen atoms in total. The van der Waals surface area contributed by atoms with Crippen molar-refractivity contribution in [3.05, 3.63) is 95.1 Å². The van der Waals surface area contributed by atoms with Gasteiger partial charge in [0.05, 0.1) is 17.9 Å². The minimum Gasteiger partial charge on any atom is -0.490 e. The molecule has 0 aromatic heterocycles. The number of ether oxygens (including phenoxy) is 2. The maximum atomic E-state index is 13.2. The number of carbonyl (C=O) groups is 1. The fourth-order valence-electron chi connectivity index (χ4n) is 3.08. The molecule has 34 heavy (non-hydrogen) atoms. The van der Waals surface area contributed by atoms with E-state index in [4.69, 9.17) is 9.47 Å². The number of alkyl halides is 3. The van der Waals surface area contributed by atoms with Crippen molar-refractivity contribution in [3.8, 4) is 17.6 Å². The van der Waals surface area contributed by atoms with Crippen molar-refractivity contribution in [3.63, 3.8) is 0 Å². The Balaban J connectivity index is 1.82. The molecule has 0 spiro atoms. The van der Waals surface area contributed by atoms with E-state index in [-0.39, 0.29) is 5.57 Å².